The molecule has 1 amide bonds. The lowest BCUT2D eigenvalue weighted by Gasteiger charge is -1.97. The van der Waals surface area contributed by atoms with E-state index in [1.807, 2.05) is 18.3 Å². The van der Waals surface area contributed by atoms with Crippen molar-refractivity contribution in [2.45, 2.75) is 6.92 Å². The molecule has 3 nitrogen and oxygen atoms in total. The fourth-order valence-corrected chi connectivity index (χ4v) is 3.03. The lowest BCUT2D eigenvalue weighted by atomic mass is 10.1. The topological polar surface area (TPSA) is 44.9 Å². The van der Waals surface area contributed by atoms with Crippen molar-refractivity contribution in [3.63, 3.8) is 0 Å². The highest BCUT2D eigenvalue weighted by molar-refractivity contribution is 8.19. The lowest BCUT2D eigenvalue weighted by molar-refractivity contribution is 0.265. The van der Waals surface area contributed by atoms with Gasteiger partial charge in [-0.25, -0.2) is 0 Å². The first-order chi connectivity index (χ1) is 8.65. The number of hydrogen-bond acceptors (Lipinski definition) is 3. The van der Waals surface area contributed by atoms with E-state index in [9.17, 15) is 4.79 Å². The highest BCUT2D eigenvalue weighted by Gasteiger charge is 2.21. The SMILES string of the molecule is Cc1cccc2c(C=C3SC(=O)NC3=S)c[nH]c12. The number of nitrogens with one attached hydrogen (secondary N) is 2. The van der Waals surface area contributed by atoms with Gasteiger partial charge in [0.2, 0.25) is 0 Å². The van der Waals surface area contributed by atoms with Crippen LogP contribution in [0.5, 0.6) is 0 Å². The minimum atomic E-state index is -0.109. The largest absolute Gasteiger partial charge is 0.360 e. The number of amides is 1. The Balaban J connectivity index is 2.11. The predicted octanol–water partition coefficient (Wildman–Crippen LogP) is 3.60. The summed E-state index contributed by atoms with van der Waals surface area (Å²) in [5, 5.41) is 3.65. The van der Waals surface area contributed by atoms with Crippen molar-refractivity contribution in [3.05, 3.63) is 40.4 Å². The van der Waals surface area contributed by atoms with Gasteiger partial charge in [0, 0.05) is 22.7 Å². The summed E-state index contributed by atoms with van der Waals surface area (Å²) in [4.78, 5) is 15.8. The highest BCUT2D eigenvalue weighted by Crippen LogP contribution is 2.29. The quantitative estimate of drug-likeness (QED) is 0.617. The van der Waals surface area contributed by atoms with Crippen molar-refractivity contribution in [1.29, 1.82) is 0 Å². The van der Waals surface area contributed by atoms with Crippen LogP contribution in [0.4, 0.5) is 4.79 Å². The zero-order chi connectivity index (χ0) is 12.7. The maximum absolute atomic E-state index is 11.2. The van der Waals surface area contributed by atoms with E-state index >= 15 is 0 Å². The molecule has 0 bridgehead atoms. The molecule has 1 saturated heterocycles. The molecular weight excluding hydrogens is 264 g/mol. The number of para-hydroxylation sites is 1. The van der Waals surface area contributed by atoms with Gasteiger partial charge in [-0.1, -0.05) is 30.4 Å². The van der Waals surface area contributed by atoms with Crippen LogP contribution in [0.3, 0.4) is 0 Å². The van der Waals surface area contributed by atoms with Gasteiger partial charge in [0.05, 0.1) is 4.91 Å². The van der Waals surface area contributed by atoms with Crippen LogP contribution in [0.15, 0.2) is 29.3 Å². The van der Waals surface area contributed by atoms with Crippen LogP contribution < -0.4 is 5.32 Å². The van der Waals surface area contributed by atoms with Crippen LogP contribution in [-0.4, -0.2) is 15.2 Å². The van der Waals surface area contributed by atoms with Gasteiger partial charge in [-0.05, 0) is 30.3 Å². The van der Waals surface area contributed by atoms with Crippen molar-refractivity contribution in [1.82, 2.24) is 10.3 Å². The third kappa shape index (κ3) is 1.85. The number of thioether (sulfide) groups is 1. The van der Waals surface area contributed by atoms with E-state index in [-0.39, 0.29) is 5.24 Å². The van der Waals surface area contributed by atoms with E-state index in [1.54, 1.807) is 0 Å². The Bertz CT molecular complexity index is 700. The molecule has 1 aliphatic rings. The normalized spacial score (nSPS) is 17.7. The van der Waals surface area contributed by atoms with E-state index in [2.05, 4.69) is 29.4 Å². The molecule has 0 unspecified atom stereocenters. The molecule has 1 aromatic carbocycles. The van der Waals surface area contributed by atoms with Crippen molar-refractivity contribution in [3.8, 4) is 0 Å². The van der Waals surface area contributed by atoms with Crippen molar-refractivity contribution in [2.24, 2.45) is 0 Å². The molecule has 90 valence electrons. The van der Waals surface area contributed by atoms with Crippen LogP contribution in [0.2, 0.25) is 0 Å². The Labute approximate surface area is 114 Å². The Morgan fingerprint density at radius 2 is 2.22 bits per heavy atom. The molecule has 0 radical (unpaired) electrons. The van der Waals surface area contributed by atoms with E-state index in [4.69, 9.17) is 12.2 Å². The summed E-state index contributed by atoms with van der Waals surface area (Å²) in [6, 6.07) is 6.15. The Morgan fingerprint density at radius 3 is 2.94 bits per heavy atom. The molecule has 2 heterocycles. The number of fused-ring (bicyclic) bond motifs is 1. The number of hydrogen-bond donors (Lipinski definition) is 2. The van der Waals surface area contributed by atoms with E-state index in [0.29, 0.717) is 4.99 Å². The first kappa shape index (κ1) is 11.5. The first-order valence-corrected chi connectivity index (χ1v) is 6.69. The summed E-state index contributed by atoms with van der Waals surface area (Å²) in [6.45, 7) is 2.07. The fraction of sp³-hybridized carbons (Fsp3) is 0.0769. The third-order valence-corrected chi connectivity index (χ3v) is 4.16. The number of thiocarbonyl (C=S) groups is 1. The van der Waals surface area contributed by atoms with Crippen LogP contribution in [0.25, 0.3) is 17.0 Å². The van der Waals surface area contributed by atoms with Crippen LogP contribution >= 0.6 is 24.0 Å². The predicted molar refractivity (Wildman–Crippen MR) is 79.7 cm³/mol. The lowest BCUT2D eigenvalue weighted by Crippen LogP contribution is -2.15. The summed E-state index contributed by atoms with van der Waals surface area (Å²) in [7, 11) is 0. The summed E-state index contributed by atoms with van der Waals surface area (Å²) < 4.78 is 0. The molecule has 1 aromatic heterocycles. The number of aromatic amines is 1. The molecular formula is C13H10N2OS2. The van der Waals surface area contributed by atoms with Crippen LogP contribution in [-0.2, 0) is 0 Å². The van der Waals surface area contributed by atoms with Crippen LogP contribution in [0, 0.1) is 6.92 Å². The molecule has 0 aliphatic carbocycles. The molecule has 3 rings (SSSR count). The van der Waals surface area contributed by atoms with Gasteiger partial charge in [0.25, 0.3) is 5.24 Å². The van der Waals surface area contributed by atoms with E-state index < -0.39 is 0 Å². The zero-order valence-electron chi connectivity index (χ0n) is 9.61. The van der Waals surface area contributed by atoms with Gasteiger partial charge in [-0.3, -0.25) is 4.79 Å². The summed E-state index contributed by atoms with van der Waals surface area (Å²) in [6.07, 6.45) is 3.89. The fourth-order valence-electron chi connectivity index (χ4n) is 2.01. The van der Waals surface area contributed by atoms with Crippen LogP contribution in [0.1, 0.15) is 11.1 Å². The smallest absolute Gasteiger partial charge is 0.289 e. The number of carbonyl (C=O) groups excluding carboxylic acids is 1. The number of benzene rings is 1. The molecule has 18 heavy (non-hydrogen) atoms. The van der Waals surface area contributed by atoms with E-state index in [0.717, 1.165) is 33.1 Å². The molecule has 1 aliphatic heterocycles. The maximum Gasteiger partial charge on any atom is 0.289 e. The number of aryl methyl sites for hydroxylation is 1. The Hall–Kier alpha value is -1.59. The van der Waals surface area contributed by atoms with Gasteiger partial charge in [-0.15, -0.1) is 0 Å². The summed E-state index contributed by atoms with van der Waals surface area (Å²) in [5.41, 5.74) is 3.38. The molecule has 1 fully saturated rings. The molecule has 2 N–H and O–H groups in total. The summed E-state index contributed by atoms with van der Waals surface area (Å²) in [5.74, 6) is 0. The van der Waals surface area contributed by atoms with Crippen molar-refractivity contribution >= 4 is 51.2 Å². The first-order valence-electron chi connectivity index (χ1n) is 5.47. The molecule has 0 atom stereocenters. The van der Waals surface area contributed by atoms with Crippen molar-refractivity contribution in [2.75, 3.05) is 0 Å². The van der Waals surface area contributed by atoms with Gasteiger partial charge in [-0.2, -0.15) is 0 Å². The average Bonchev–Trinajstić information content (AvgIpc) is 2.86. The molecule has 0 spiro atoms. The van der Waals surface area contributed by atoms with Crippen molar-refractivity contribution < 1.29 is 4.79 Å². The summed E-state index contributed by atoms with van der Waals surface area (Å²) >= 11 is 6.25. The second-order valence-corrected chi connectivity index (χ2v) is 5.52. The monoisotopic (exact) mass is 274 g/mol. The minimum absolute atomic E-state index is 0.109. The number of H-pyrrole nitrogens is 1. The Morgan fingerprint density at radius 1 is 1.39 bits per heavy atom. The third-order valence-electron chi connectivity index (χ3n) is 2.88. The molecule has 2 aromatic rings. The Kier molecular flexibility index (Phi) is 2.72. The number of carbonyl (C=O) groups is 1. The second kappa shape index (κ2) is 4.26. The number of rotatable bonds is 1. The average molecular weight is 274 g/mol. The number of aromatic nitrogens is 1. The van der Waals surface area contributed by atoms with Gasteiger partial charge in [0.15, 0.2) is 0 Å². The zero-order valence-corrected chi connectivity index (χ0v) is 11.2. The van der Waals surface area contributed by atoms with E-state index in [1.165, 1.54) is 5.56 Å². The van der Waals surface area contributed by atoms with Gasteiger partial charge < -0.3 is 10.3 Å². The van der Waals surface area contributed by atoms with Gasteiger partial charge >= 0.3 is 0 Å². The minimum Gasteiger partial charge on any atom is -0.360 e. The second-order valence-electron chi connectivity index (χ2n) is 4.09. The molecule has 0 saturated carbocycles. The maximum atomic E-state index is 11.2. The van der Waals surface area contributed by atoms with Gasteiger partial charge in [0.1, 0.15) is 4.99 Å². The highest BCUT2D eigenvalue weighted by atomic mass is 32.2. The molecule has 5 heteroatoms. The standard InChI is InChI=1S/C13H10N2OS2/c1-7-3-2-4-9-8(6-14-11(7)9)5-10-12(17)15-13(16)18-10/h2-6,14H,1H3,(H,15,16,17).